The minimum atomic E-state index is -4.34. The fourth-order valence-electron chi connectivity index (χ4n) is 1.69. The quantitative estimate of drug-likeness (QED) is 0.753. The fourth-order valence-corrected chi connectivity index (χ4v) is 1.69. The highest BCUT2D eigenvalue weighted by molar-refractivity contribution is 5.98. The summed E-state index contributed by atoms with van der Waals surface area (Å²) in [5.74, 6) is -0.351. The van der Waals surface area contributed by atoms with E-state index in [2.05, 4.69) is 0 Å². The Kier molecular flexibility index (Phi) is 3.69. The van der Waals surface area contributed by atoms with Crippen molar-refractivity contribution in [3.63, 3.8) is 0 Å². The summed E-state index contributed by atoms with van der Waals surface area (Å²) in [5, 5.41) is 0. The Labute approximate surface area is 108 Å². The molecule has 19 heavy (non-hydrogen) atoms. The molecule has 1 nitrogen and oxygen atoms in total. The lowest BCUT2D eigenvalue weighted by Gasteiger charge is -2.06. The van der Waals surface area contributed by atoms with Gasteiger partial charge in [0.1, 0.15) is 0 Å². The molecule has 0 saturated carbocycles. The molecule has 98 valence electrons. The van der Waals surface area contributed by atoms with Crippen molar-refractivity contribution in [2.45, 2.75) is 6.18 Å². The SMILES string of the molecule is O=C(/C=C/c1ccc(C(F)(F)F)cc1)C1C=CC=C1. The lowest BCUT2D eigenvalue weighted by molar-refractivity contribution is -0.137. The van der Waals surface area contributed by atoms with Gasteiger partial charge >= 0.3 is 6.18 Å². The highest BCUT2D eigenvalue weighted by Crippen LogP contribution is 2.29. The molecule has 0 atom stereocenters. The molecule has 1 aliphatic rings. The molecule has 0 saturated heterocycles. The van der Waals surface area contributed by atoms with Gasteiger partial charge < -0.3 is 0 Å². The van der Waals surface area contributed by atoms with Crippen molar-refractivity contribution in [3.05, 3.63) is 65.8 Å². The molecule has 2 rings (SSSR count). The first-order valence-corrected chi connectivity index (χ1v) is 5.71. The van der Waals surface area contributed by atoms with Crippen LogP contribution in [0, 0.1) is 5.92 Å². The summed E-state index contributed by atoms with van der Waals surface area (Å²) in [6.45, 7) is 0. The maximum atomic E-state index is 12.4. The molecule has 1 aromatic carbocycles. The summed E-state index contributed by atoms with van der Waals surface area (Å²) in [6.07, 6.45) is 5.66. The van der Waals surface area contributed by atoms with Crippen LogP contribution in [0.1, 0.15) is 11.1 Å². The zero-order valence-electron chi connectivity index (χ0n) is 9.89. The topological polar surface area (TPSA) is 17.1 Å². The lowest BCUT2D eigenvalue weighted by atomic mass is 10.0. The molecule has 0 aromatic heterocycles. The minimum Gasteiger partial charge on any atom is -0.294 e. The van der Waals surface area contributed by atoms with Gasteiger partial charge in [-0.05, 0) is 23.8 Å². The third-order valence-electron chi connectivity index (χ3n) is 2.75. The lowest BCUT2D eigenvalue weighted by Crippen LogP contribution is -2.04. The highest BCUT2D eigenvalue weighted by Gasteiger charge is 2.29. The standard InChI is InChI=1S/C15H11F3O/c16-15(17,18)13-8-5-11(6-9-13)7-10-14(19)12-3-1-2-4-12/h1-10,12H/b10-7+. The second kappa shape index (κ2) is 5.26. The Hall–Kier alpha value is -2.10. The van der Waals surface area contributed by atoms with Crippen LogP contribution in [0.3, 0.4) is 0 Å². The van der Waals surface area contributed by atoms with Crippen LogP contribution < -0.4 is 0 Å². The van der Waals surface area contributed by atoms with Gasteiger partial charge in [-0.2, -0.15) is 13.2 Å². The molecular weight excluding hydrogens is 253 g/mol. The van der Waals surface area contributed by atoms with Crippen molar-refractivity contribution in [2.75, 3.05) is 0 Å². The van der Waals surface area contributed by atoms with Gasteiger partial charge in [-0.25, -0.2) is 0 Å². The van der Waals surface area contributed by atoms with Crippen LogP contribution in [-0.2, 0) is 11.0 Å². The Morgan fingerprint density at radius 3 is 2.16 bits per heavy atom. The summed E-state index contributed by atoms with van der Waals surface area (Å²) in [6, 6.07) is 4.68. The van der Waals surface area contributed by atoms with Gasteiger partial charge in [0.25, 0.3) is 0 Å². The molecule has 0 amide bonds. The molecule has 1 aromatic rings. The third kappa shape index (κ3) is 3.44. The van der Waals surface area contributed by atoms with Gasteiger partial charge in [0, 0.05) is 0 Å². The third-order valence-corrected chi connectivity index (χ3v) is 2.75. The number of carbonyl (C=O) groups excluding carboxylic acids is 1. The second-order valence-corrected chi connectivity index (χ2v) is 4.15. The van der Waals surface area contributed by atoms with Crippen molar-refractivity contribution in [1.82, 2.24) is 0 Å². The summed E-state index contributed by atoms with van der Waals surface area (Å²) in [5.41, 5.74) is -0.134. The fraction of sp³-hybridized carbons (Fsp3) is 0.133. The molecule has 0 spiro atoms. The van der Waals surface area contributed by atoms with Gasteiger partial charge in [0.05, 0.1) is 11.5 Å². The van der Waals surface area contributed by atoms with Gasteiger partial charge in [0.15, 0.2) is 5.78 Å². The van der Waals surface area contributed by atoms with Crippen molar-refractivity contribution in [1.29, 1.82) is 0 Å². The van der Waals surface area contributed by atoms with E-state index < -0.39 is 11.7 Å². The number of benzene rings is 1. The van der Waals surface area contributed by atoms with E-state index in [0.717, 1.165) is 12.1 Å². The first-order chi connectivity index (χ1) is 8.97. The predicted octanol–water partition coefficient (Wildman–Crippen LogP) is 4.03. The molecule has 0 unspecified atom stereocenters. The van der Waals surface area contributed by atoms with E-state index >= 15 is 0 Å². The predicted molar refractivity (Wildman–Crippen MR) is 67.3 cm³/mol. The molecule has 0 heterocycles. The largest absolute Gasteiger partial charge is 0.416 e. The summed E-state index contributed by atoms with van der Waals surface area (Å²) in [4.78, 5) is 11.7. The van der Waals surface area contributed by atoms with Gasteiger partial charge in [-0.3, -0.25) is 4.79 Å². The first-order valence-electron chi connectivity index (χ1n) is 5.71. The van der Waals surface area contributed by atoms with Crippen LogP contribution >= 0.6 is 0 Å². The van der Waals surface area contributed by atoms with E-state index in [9.17, 15) is 18.0 Å². The molecule has 0 radical (unpaired) electrons. The van der Waals surface area contributed by atoms with Crippen molar-refractivity contribution in [2.24, 2.45) is 5.92 Å². The molecule has 0 aliphatic heterocycles. The first kappa shape index (κ1) is 13.3. The van der Waals surface area contributed by atoms with E-state index in [1.165, 1.54) is 24.3 Å². The number of hydrogen-bond acceptors (Lipinski definition) is 1. The number of rotatable bonds is 3. The van der Waals surface area contributed by atoms with Crippen molar-refractivity contribution < 1.29 is 18.0 Å². The van der Waals surface area contributed by atoms with E-state index in [1.807, 2.05) is 0 Å². The molecular formula is C15H11F3O. The normalized spacial score (nSPS) is 15.5. The number of carbonyl (C=O) groups is 1. The number of alkyl halides is 3. The molecule has 0 N–H and O–H groups in total. The monoisotopic (exact) mass is 264 g/mol. The van der Waals surface area contributed by atoms with E-state index in [0.29, 0.717) is 5.56 Å². The Morgan fingerprint density at radius 2 is 1.63 bits per heavy atom. The van der Waals surface area contributed by atoms with Crippen LogP contribution in [0.5, 0.6) is 0 Å². The summed E-state index contributed by atoms with van der Waals surface area (Å²) < 4.78 is 37.1. The van der Waals surface area contributed by atoms with Crippen LogP contribution in [-0.4, -0.2) is 5.78 Å². The summed E-state index contributed by atoms with van der Waals surface area (Å²) in [7, 11) is 0. The van der Waals surface area contributed by atoms with Gasteiger partial charge in [-0.1, -0.05) is 42.5 Å². The van der Waals surface area contributed by atoms with E-state index in [4.69, 9.17) is 0 Å². The Bertz CT molecular complexity index is 536. The highest BCUT2D eigenvalue weighted by atomic mass is 19.4. The van der Waals surface area contributed by atoms with E-state index in [-0.39, 0.29) is 11.7 Å². The Balaban J connectivity index is 2.05. The number of hydrogen-bond donors (Lipinski definition) is 0. The number of halogens is 3. The number of allylic oxidation sites excluding steroid dienone is 5. The van der Waals surface area contributed by atoms with Crippen molar-refractivity contribution >= 4 is 11.9 Å². The van der Waals surface area contributed by atoms with Crippen LogP contribution in [0.25, 0.3) is 6.08 Å². The summed E-state index contributed by atoms with van der Waals surface area (Å²) >= 11 is 0. The Morgan fingerprint density at radius 1 is 1.05 bits per heavy atom. The zero-order valence-corrected chi connectivity index (χ0v) is 9.89. The number of ketones is 1. The molecule has 4 heteroatoms. The van der Waals surface area contributed by atoms with Crippen LogP contribution in [0.4, 0.5) is 13.2 Å². The average molecular weight is 264 g/mol. The molecule has 0 fully saturated rings. The van der Waals surface area contributed by atoms with Crippen molar-refractivity contribution in [3.8, 4) is 0 Å². The van der Waals surface area contributed by atoms with E-state index in [1.54, 1.807) is 24.3 Å². The maximum Gasteiger partial charge on any atom is 0.416 e. The van der Waals surface area contributed by atoms with Gasteiger partial charge in [0.2, 0.25) is 0 Å². The second-order valence-electron chi connectivity index (χ2n) is 4.15. The van der Waals surface area contributed by atoms with Crippen LogP contribution in [0.15, 0.2) is 54.6 Å². The molecule has 0 bridgehead atoms. The van der Waals surface area contributed by atoms with Crippen LogP contribution in [0.2, 0.25) is 0 Å². The molecule has 1 aliphatic carbocycles. The van der Waals surface area contributed by atoms with Gasteiger partial charge in [-0.15, -0.1) is 0 Å². The smallest absolute Gasteiger partial charge is 0.294 e. The average Bonchev–Trinajstić information content (AvgIpc) is 2.89. The zero-order chi connectivity index (χ0) is 13.9. The maximum absolute atomic E-state index is 12.4. The minimum absolute atomic E-state index is 0.0927.